The summed E-state index contributed by atoms with van der Waals surface area (Å²) in [7, 11) is 0. The summed E-state index contributed by atoms with van der Waals surface area (Å²) in [6.07, 6.45) is 6.34. The molecule has 1 amide bonds. The van der Waals surface area contributed by atoms with Crippen LogP contribution in [0.4, 0.5) is 0 Å². The van der Waals surface area contributed by atoms with E-state index in [1.54, 1.807) is 35.1 Å². The first-order valence-electron chi connectivity index (χ1n) is 6.05. The second-order valence-corrected chi connectivity index (χ2v) is 4.88. The van der Waals surface area contributed by atoms with Crippen molar-refractivity contribution < 1.29 is 14.7 Å². The van der Waals surface area contributed by atoms with Crippen molar-refractivity contribution in [3.8, 4) is 0 Å². The zero-order valence-electron chi connectivity index (χ0n) is 10.2. The van der Waals surface area contributed by atoms with Crippen LogP contribution >= 0.6 is 0 Å². The fourth-order valence-corrected chi connectivity index (χ4v) is 2.02. The SMILES string of the molecule is O=C(NCC1(C(=O)O)CC1)c1ccc2nccn2c1. The van der Waals surface area contributed by atoms with Crippen LogP contribution in [0.2, 0.25) is 0 Å². The van der Waals surface area contributed by atoms with Crippen LogP contribution in [0.1, 0.15) is 23.2 Å². The van der Waals surface area contributed by atoms with Gasteiger partial charge in [-0.2, -0.15) is 0 Å². The maximum Gasteiger partial charge on any atom is 0.311 e. The average molecular weight is 259 g/mol. The number of rotatable bonds is 4. The molecule has 0 aromatic carbocycles. The number of hydrogen-bond acceptors (Lipinski definition) is 3. The molecule has 19 heavy (non-hydrogen) atoms. The maximum absolute atomic E-state index is 12.0. The Labute approximate surface area is 109 Å². The van der Waals surface area contributed by atoms with E-state index in [1.165, 1.54) is 0 Å². The molecule has 1 fully saturated rings. The van der Waals surface area contributed by atoms with Crippen LogP contribution in [-0.4, -0.2) is 32.9 Å². The molecule has 0 bridgehead atoms. The van der Waals surface area contributed by atoms with Crippen molar-refractivity contribution in [1.82, 2.24) is 14.7 Å². The number of carboxylic acid groups (broad SMARTS) is 1. The minimum atomic E-state index is -0.835. The topological polar surface area (TPSA) is 83.7 Å². The third-order valence-electron chi connectivity index (χ3n) is 3.55. The van der Waals surface area contributed by atoms with Gasteiger partial charge in [-0.1, -0.05) is 0 Å². The van der Waals surface area contributed by atoms with E-state index in [1.807, 2.05) is 0 Å². The van der Waals surface area contributed by atoms with Crippen molar-refractivity contribution in [3.05, 3.63) is 36.3 Å². The van der Waals surface area contributed by atoms with E-state index in [9.17, 15) is 9.59 Å². The van der Waals surface area contributed by atoms with Crippen molar-refractivity contribution in [2.24, 2.45) is 5.41 Å². The number of carbonyl (C=O) groups is 2. The lowest BCUT2D eigenvalue weighted by Gasteiger charge is -2.11. The molecule has 0 spiro atoms. The molecular formula is C13H13N3O3. The smallest absolute Gasteiger partial charge is 0.311 e. The van der Waals surface area contributed by atoms with Crippen molar-refractivity contribution >= 4 is 17.5 Å². The standard InChI is InChI=1S/C13H13N3O3/c17-11(15-8-13(3-4-13)12(18)19)9-1-2-10-14-5-6-16(10)7-9/h1-2,5-7H,3-4,8H2,(H,15,17)(H,18,19). The van der Waals surface area contributed by atoms with Gasteiger partial charge in [0.15, 0.2) is 0 Å². The molecule has 0 radical (unpaired) electrons. The molecule has 0 unspecified atom stereocenters. The number of nitrogens with zero attached hydrogens (tertiary/aromatic N) is 2. The Kier molecular flexibility index (Phi) is 2.51. The lowest BCUT2D eigenvalue weighted by molar-refractivity contribution is -0.143. The molecule has 1 aliphatic carbocycles. The Morgan fingerprint density at radius 3 is 2.89 bits per heavy atom. The van der Waals surface area contributed by atoms with Crippen molar-refractivity contribution in [3.63, 3.8) is 0 Å². The van der Waals surface area contributed by atoms with Gasteiger partial charge in [0.05, 0.1) is 11.0 Å². The third kappa shape index (κ3) is 2.05. The fraction of sp³-hybridized carbons (Fsp3) is 0.308. The van der Waals surface area contributed by atoms with E-state index in [4.69, 9.17) is 5.11 Å². The zero-order valence-corrected chi connectivity index (χ0v) is 10.2. The first-order chi connectivity index (χ1) is 9.11. The van der Waals surface area contributed by atoms with E-state index < -0.39 is 11.4 Å². The highest BCUT2D eigenvalue weighted by Gasteiger charge is 2.50. The molecular weight excluding hydrogens is 246 g/mol. The van der Waals surface area contributed by atoms with Gasteiger partial charge in [0.25, 0.3) is 5.91 Å². The van der Waals surface area contributed by atoms with Crippen LogP contribution in [0, 0.1) is 5.41 Å². The van der Waals surface area contributed by atoms with Gasteiger partial charge in [-0.3, -0.25) is 9.59 Å². The van der Waals surface area contributed by atoms with Crippen molar-refractivity contribution in [1.29, 1.82) is 0 Å². The number of carbonyl (C=O) groups excluding carboxylic acids is 1. The van der Waals surface area contributed by atoms with Gasteiger partial charge in [-0.15, -0.1) is 0 Å². The number of hydrogen-bond donors (Lipinski definition) is 2. The van der Waals surface area contributed by atoms with Crippen molar-refractivity contribution in [2.75, 3.05) is 6.54 Å². The molecule has 0 saturated heterocycles. The highest BCUT2D eigenvalue weighted by Crippen LogP contribution is 2.45. The molecule has 2 aromatic rings. The zero-order chi connectivity index (χ0) is 13.5. The number of aliphatic carboxylic acids is 1. The van der Waals surface area contributed by atoms with E-state index in [2.05, 4.69) is 10.3 Å². The molecule has 2 N–H and O–H groups in total. The van der Waals surface area contributed by atoms with Gasteiger partial charge < -0.3 is 14.8 Å². The first-order valence-corrected chi connectivity index (χ1v) is 6.05. The van der Waals surface area contributed by atoms with E-state index in [0.717, 1.165) is 5.65 Å². The van der Waals surface area contributed by atoms with Crippen LogP contribution in [0.5, 0.6) is 0 Å². The molecule has 1 aliphatic rings. The Bertz CT molecular complexity index is 658. The van der Waals surface area contributed by atoms with Crippen LogP contribution in [0.15, 0.2) is 30.7 Å². The van der Waals surface area contributed by atoms with Crippen LogP contribution in [0.3, 0.4) is 0 Å². The lowest BCUT2D eigenvalue weighted by atomic mass is 10.1. The molecule has 0 atom stereocenters. The highest BCUT2D eigenvalue weighted by molar-refractivity contribution is 5.94. The number of carboxylic acids is 1. The minimum Gasteiger partial charge on any atom is -0.481 e. The molecule has 0 aliphatic heterocycles. The third-order valence-corrected chi connectivity index (χ3v) is 3.55. The number of aromatic nitrogens is 2. The van der Waals surface area contributed by atoms with Crippen molar-refractivity contribution in [2.45, 2.75) is 12.8 Å². The van der Waals surface area contributed by atoms with Crippen LogP contribution in [-0.2, 0) is 4.79 Å². The number of nitrogens with one attached hydrogen (secondary N) is 1. The normalized spacial score (nSPS) is 16.2. The summed E-state index contributed by atoms with van der Waals surface area (Å²) in [6, 6.07) is 3.43. The molecule has 6 nitrogen and oxygen atoms in total. The Morgan fingerprint density at radius 1 is 1.42 bits per heavy atom. The molecule has 6 heteroatoms. The number of fused-ring (bicyclic) bond motifs is 1. The minimum absolute atomic E-state index is 0.184. The maximum atomic E-state index is 12.0. The van der Waals surface area contributed by atoms with Gasteiger partial charge in [0.1, 0.15) is 5.65 Å². The molecule has 1 saturated carbocycles. The number of imidazole rings is 1. The lowest BCUT2D eigenvalue weighted by Crippen LogP contribution is -2.34. The van der Waals surface area contributed by atoms with E-state index >= 15 is 0 Å². The second kappa shape index (κ2) is 4.08. The monoisotopic (exact) mass is 259 g/mol. The van der Waals surface area contributed by atoms with E-state index in [-0.39, 0.29) is 12.5 Å². The number of pyridine rings is 1. The largest absolute Gasteiger partial charge is 0.481 e. The molecule has 98 valence electrons. The summed E-state index contributed by atoms with van der Waals surface area (Å²) in [4.78, 5) is 27.1. The number of amides is 1. The predicted molar refractivity (Wildman–Crippen MR) is 66.8 cm³/mol. The Morgan fingerprint density at radius 2 is 2.21 bits per heavy atom. The Hall–Kier alpha value is -2.37. The molecule has 2 heterocycles. The van der Waals surface area contributed by atoms with Crippen LogP contribution < -0.4 is 5.32 Å². The van der Waals surface area contributed by atoms with Crippen LogP contribution in [0.25, 0.3) is 5.65 Å². The Balaban J connectivity index is 1.71. The summed E-state index contributed by atoms with van der Waals surface area (Å²) in [5.74, 6) is -1.10. The van der Waals surface area contributed by atoms with Gasteiger partial charge in [-0.05, 0) is 25.0 Å². The predicted octanol–water partition coefficient (Wildman–Crippen LogP) is 0.929. The van der Waals surface area contributed by atoms with E-state index in [0.29, 0.717) is 18.4 Å². The summed E-state index contributed by atoms with van der Waals surface area (Å²) in [5.41, 5.74) is 0.516. The summed E-state index contributed by atoms with van der Waals surface area (Å²) < 4.78 is 1.75. The van der Waals surface area contributed by atoms with Gasteiger partial charge >= 0.3 is 5.97 Å². The average Bonchev–Trinajstić information content (AvgIpc) is 3.06. The summed E-state index contributed by atoms with van der Waals surface area (Å²) in [5, 5.41) is 11.7. The first kappa shape index (κ1) is 11.7. The van der Waals surface area contributed by atoms with Gasteiger partial charge in [-0.25, -0.2) is 4.98 Å². The second-order valence-electron chi connectivity index (χ2n) is 4.88. The summed E-state index contributed by atoms with van der Waals surface area (Å²) >= 11 is 0. The molecule has 3 rings (SSSR count). The fourth-order valence-electron chi connectivity index (χ4n) is 2.02. The van der Waals surface area contributed by atoms with Gasteiger partial charge in [0, 0.05) is 25.1 Å². The highest BCUT2D eigenvalue weighted by atomic mass is 16.4. The molecule has 2 aromatic heterocycles. The van der Waals surface area contributed by atoms with Gasteiger partial charge in [0.2, 0.25) is 0 Å². The quantitative estimate of drug-likeness (QED) is 0.855. The summed E-state index contributed by atoms with van der Waals surface area (Å²) in [6.45, 7) is 0.184.